The monoisotopic (exact) mass is 411 g/mol. The van der Waals surface area contributed by atoms with Gasteiger partial charge in [0.2, 0.25) is 0 Å². The Labute approximate surface area is 174 Å². The molecule has 0 bridgehead atoms. The third kappa shape index (κ3) is 4.54. The molecular formula is C22H22ClN3O3. The molecule has 1 N–H and O–H groups in total. The Morgan fingerprint density at radius 2 is 2.03 bits per heavy atom. The first-order valence-corrected chi connectivity index (χ1v) is 9.77. The molecule has 2 heterocycles. The number of anilines is 1. The van der Waals surface area contributed by atoms with E-state index in [1.807, 2.05) is 56.3 Å². The summed E-state index contributed by atoms with van der Waals surface area (Å²) in [6.45, 7) is 4.47. The zero-order valence-electron chi connectivity index (χ0n) is 16.3. The smallest absolute Gasteiger partial charge is 0.263 e. The largest absolute Gasteiger partial charge is 0.483 e. The normalized spacial score (nSPS) is 14.2. The average Bonchev–Trinajstić information content (AvgIpc) is 3.24. The number of rotatable bonds is 6. The molecule has 3 aromatic rings. The molecule has 1 amide bonds. The highest BCUT2D eigenvalue weighted by molar-refractivity contribution is 6.30. The number of nitrogens with zero attached hydrogens (tertiary/aromatic N) is 2. The van der Waals surface area contributed by atoms with Gasteiger partial charge in [-0.2, -0.15) is 5.10 Å². The van der Waals surface area contributed by atoms with E-state index in [0.717, 1.165) is 23.3 Å². The number of halogens is 1. The molecule has 0 spiro atoms. The third-order valence-electron chi connectivity index (χ3n) is 4.64. The molecular weight excluding hydrogens is 390 g/mol. The van der Waals surface area contributed by atoms with Crippen molar-refractivity contribution in [2.75, 3.05) is 11.9 Å². The van der Waals surface area contributed by atoms with Crippen LogP contribution in [0.25, 0.3) is 0 Å². The topological polar surface area (TPSA) is 65.4 Å². The summed E-state index contributed by atoms with van der Waals surface area (Å²) >= 11 is 5.93. The number of amides is 1. The fraction of sp³-hybridized carbons (Fsp3) is 0.273. The summed E-state index contributed by atoms with van der Waals surface area (Å²) in [5.41, 5.74) is 1.86. The number of carbonyl (C=O) groups is 1. The van der Waals surface area contributed by atoms with E-state index in [1.54, 1.807) is 16.9 Å². The number of carbonyl (C=O) groups excluding carboxylic acids is 1. The van der Waals surface area contributed by atoms with Gasteiger partial charge in [-0.3, -0.25) is 4.79 Å². The number of hydrogen-bond donors (Lipinski definition) is 1. The number of para-hydroxylation sites is 1. The summed E-state index contributed by atoms with van der Waals surface area (Å²) < 4.78 is 13.4. The second-order valence-electron chi connectivity index (χ2n) is 7.62. The lowest BCUT2D eigenvalue weighted by atomic mass is 10.0. The number of benzene rings is 2. The maximum atomic E-state index is 12.4. The molecule has 1 aliphatic heterocycles. The SMILES string of the molecule is CC1(C)Cc2cccc(OCC(=O)Nc3ccnn3Cc3ccc(Cl)cc3)c2O1. The van der Waals surface area contributed by atoms with Gasteiger partial charge in [-0.25, -0.2) is 4.68 Å². The summed E-state index contributed by atoms with van der Waals surface area (Å²) in [4.78, 5) is 12.4. The van der Waals surface area contributed by atoms with Crippen molar-refractivity contribution in [2.24, 2.45) is 0 Å². The van der Waals surface area contributed by atoms with Gasteiger partial charge in [-0.05, 0) is 37.6 Å². The first-order chi connectivity index (χ1) is 13.9. The number of aromatic nitrogens is 2. The molecule has 150 valence electrons. The Hall–Kier alpha value is -2.99. The summed E-state index contributed by atoms with van der Waals surface area (Å²) in [7, 11) is 0. The highest BCUT2D eigenvalue weighted by Crippen LogP contribution is 2.41. The zero-order chi connectivity index (χ0) is 20.4. The molecule has 0 fully saturated rings. The van der Waals surface area contributed by atoms with Gasteiger partial charge >= 0.3 is 0 Å². The van der Waals surface area contributed by atoms with E-state index in [4.69, 9.17) is 21.1 Å². The lowest BCUT2D eigenvalue weighted by Gasteiger charge is -2.18. The molecule has 0 saturated carbocycles. The molecule has 1 aromatic heterocycles. The quantitative estimate of drug-likeness (QED) is 0.656. The van der Waals surface area contributed by atoms with Gasteiger partial charge in [0.1, 0.15) is 11.4 Å². The third-order valence-corrected chi connectivity index (χ3v) is 4.90. The minimum atomic E-state index is -0.266. The van der Waals surface area contributed by atoms with Crippen LogP contribution in [-0.2, 0) is 17.8 Å². The van der Waals surface area contributed by atoms with E-state index in [9.17, 15) is 4.79 Å². The maximum absolute atomic E-state index is 12.4. The minimum Gasteiger partial charge on any atom is -0.483 e. The van der Waals surface area contributed by atoms with Crippen molar-refractivity contribution < 1.29 is 14.3 Å². The summed E-state index contributed by atoms with van der Waals surface area (Å²) in [6.07, 6.45) is 2.46. The van der Waals surface area contributed by atoms with Gasteiger partial charge in [0.25, 0.3) is 5.91 Å². The molecule has 4 rings (SSSR count). The van der Waals surface area contributed by atoms with Crippen LogP contribution in [0.3, 0.4) is 0 Å². The first kappa shape index (κ1) is 19.3. The molecule has 1 aliphatic rings. The van der Waals surface area contributed by atoms with Crippen LogP contribution in [0.2, 0.25) is 5.02 Å². The fourth-order valence-corrected chi connectivity index (χ4v) is 3.48. The predicted molar refractivity (Wildman–Crippen MR) is 112 cm³/mol. The van der Waals surface area contributed by atoms with Gasteiger partial charge in [0.15, 0.2) is 18.1 Å². The van der Waals surface area contributed by atoms with E-state index in [1.165, 1.54) is 0 Å². The van der Waals surface area contributed by atoms with E-state index in [-0.39, 0.29) is 18.1 Å². The van der Waals surface area contributed by atoms with Crippen LogP contribution in [0.4, 0.5) is 5.82 Å². The second kappa shape index (κ2) is 7.79. The highest BCUT2D eigenvalue weighted by atomic mass is 35.5. The number of ether oxygens (including phenoxy) is 2. The summed E-state index contributed by atoms with van der Waals surface area (Å²) in [5.74, 6) is 1.64. The lowest BCUT2D eigenvalue weighted by Crippen LogP contribution is -2.25. The molecule has 0 atom stereocenters. The van der Waals surface area contributed by atoms with Crippen molar-refractivity contribution in [2.45, 2.75) is 32.4 Å². The molecule has 29 heavy (non-hydrogen) atoms. The molecule has 7 heteroatoms. The van der Waals surface area contributed by atoms with Crippen molar-refractivity contribution in [3.63, 3.8) is 0 Å². The van der Waals surface area contributed by atoms with Crippen LogP contribution in [0, 0.1) is 0 Å². The van der Waals surface area contributed by atoms with Crippen molar-refractivity contribution in [3.05, 3.63) is 70.9 Å². The van der Waals surface area contributed by atoms with Crippen LogP contribution >= 0.6 is 11.6 Å². The van der Waals surface area contributed by atoms with Crippen LogP contribution in [0.1, 0.15) is 25.0 Å². The average molecular weight is 412 g/mol. The van der Waals surface area contributed by atoms with Gasteiger partial charge < -0.3 is 14.8 Å². The predicted octanol–water partition coefficient (Wildman–Crippen LogP) is 4.32. The van der Waals surface area contributed by atoms with E-state index < -0.39 is 0 Å². The van der Waals surface area contributed by atoms with Crippen LogP contribution in [0.15, 0.2) is 54.7 Å². The standard InChI is InChI=1S/C22H22ClN3O3/c1-22(2)12-16-4-3-5-18(21(16)29-22)28-14-20(27)25-19-10-11-24-26(19)13-15-6-8-17(23)9-7-15/h3-11H,12-14H2,1-2H3,(H,25,27). The van der Waals surface area contributed by atoms with Crippen LogP contribution < -0.4 is 14.8 Å². The van der Waals surface area contributed by atoms with Gasteiger partial charge in [0, 0.05) is 23.1 Å². The second-order valence-corrected chi connectivity index (χ2v) is 8.06. The van der Waals surface area contributed by atoms with Gasteiger partial charge in [0.05, 0.1) is 12.7 Å². The number of hydrogen-bond acceptors (Lipinski definition) is 4. The Bertz CT molecular complexity index is 1030. The van der Waals surface area contributed by atoms with E-state index >= 15 is 0 Å². The van der Waals surface area contributed by atoms with Gasteiger partial charge in [-0.1, -0.05) is 35.9 Å². The molecule has 0 saturated heterocycles. The Morgan fingerprint density at radius 3 is 2.83 bits per heavy atom. The molecule has 0 radical (unpaired) electrons. The highest BCUT2D eigenvalue weighted by Gasteiger charge is 2.32. The van der Waals surface area contributed by atoms with E-state index in [2.05, 4.69) is 10.4 Å². The molecule has 2 aromatic carbocycles. The maximum Gasteiger partial charge on any atom is 0.263 e. The van der Waals surface area contributed by atoms with Crippen molar-refractivity contribution in [1.82, 2.24) is 9.78 Å². The Balaban J connectivity index is 1.38. The molecule has 0 unspecified atom stereocenters. The van der Waals surface area contributed by atoms with Crippen molar-refractivity contribution >= 4 is 23.3 Å². The molecule has 6 nitrogen and oxygen atoms in total. The summed E-state index contributed by atoms with van der Waals surface area (Å²) in [5, 5.41) is 7.80. The van der Waals surface area contributed by atoms with Crippen LogP contribution in [0.5, 0.6) is 11.5 Å². The lowest BCUT2D eigenvalue weighted by molar-refractivity contribution is -0.118. The van der Waals surface area contributed by atoms with E-state index in [0.29, 0.717) is 23.1 Å². The number of nitrogens with one attached hydrogen (secondary N) is 1. The zero-order valence-corrected chi connectivity index (χ0v) is 17.1. The van der Waals surface area contributed by atoms with Crippen molar-refractivity contribution in [3.8, 4) is 11.5 Å². The Kier molecular flexibility index (Phi) is 5.20. The Morgan fingerprint density at radius 1 is 1.24 bits per heavy atom. The fourth-order valence-electron chi connectivity index (χ4n) is 3.35. The molecule has 0 aliphatic carbocycles. The first-order valence-electron chi connectivity index (χ1n) is 9.39. The van der Waals surface area contributed by atoms with Crippen molar-refractivity contribution in [1.29, 1.82) is 0 Å². The van der Waals surface area contributed by atoms with Gasteiger partial charge in [-0.15, -0.1) is 0 Å². The summed E-state index contributed by atoms with van der Waals surface area (Å²) in [6, 6.07) is 15.0. The van der Waals surface area contributed by atoms with Crippen LogP contribution in [-0.4, -0.2) is 27.9 Å². The number of fused-ring (bicyclic) bond motifs is 1. The minimum absolute atomic E-state index is 0.119.